The highest BCUT2D eigenvalue weighted by molar-refractivity contribution is 6.30. The summed E-state index contributed by atoms with van der Waals surface area (Å²) in [7, 11) is 1.91. The number of halogens is 2. The van der Waals surface area contributed by atoms with Gasteiger partial charge in [-0.15, -0.1) is 12.4 Å². The van der Waals surface area contributed by atoms with E-state index in [0.29, 0.717) is 35.8 Å². The number of aliphatic carboxylic acids is 1. The summed E-state index contributed by atoms with van der Waals surface area (Å²) >= 11 is 6.02. The molecule has 1 aromatic heterocycles. The number of nitriles is 1. The van der Waals surface area contributed by atoms with Gasteiger partial charge in [-0.05, 0) is 67.3 Å². The van der Waals surface area contributed by atoms with Crippen LogP contribution in [0.2, 0.25) is 5.02 Å². The van der Waals surface area contributed by atoms with Crippen LogP contribution in [0.1, 0.15) is 48.4 Å². The summed E-state index contributed by atoms with van der Waals surface area (Å²) in [6, 6.07) is 12.6. The van der Waals surface area contributed by atoms with Crippen LogP contribution in [0, 0.1) is 11.3 Å². The van der Waals surface area contributed by atoms with Gasteiger partial charge in [-0.2, -0.15) is 5.26 Å². The van der Waals surface area contributed by atoms with Crippen LogP contribution in [-0.4, -0.2) is 51.9 Å². The Morgan fingerprint density at radius 3 is 2.53 bits per heavy atom. The number of hydrogen-bond donors (Lipinski definition) is 1. The molecule has 0 bridgehead atoms. The van der Waals surface area contributed by atoms with Crippen LogP contribution in [0.3, 0.4) is 0 Å². The van der Waals surface area contributed by atoms with Crippen LogP contribution in [0.25, 0.3) is 0 Å². The number of aryl methyl sites for hydroxylation is 1. The van der Waals surface area contributed by atoms with Crippen LogP contribution >= 0.6 is 24.0 Å². The number of ether oxygens (including phenoxy) is 1. The zero-order valence-electron chi connectivity index (χ0n) is 18.1. The molecule has 1 saturated carbocycles. The molecule has 8 heteroatoms. The van der Waals surface area contributed by atoms with Crippen molar-refractivity contribution in [2.24, 2.45) is 7.05 Å². The summed E-state index contributed by atoms with van der Waals surface area (Å²) in [4.78, 5) is 14.0. The minimum atomic E-state index is -0.892. The third kappa shape index (κ3) is 5.47. The molecule has 2 aliphatic rings. The number of carboxylic acid groups (broad SMARTS) is 1. The van der Waals surface area contributed by atoms with Gasteiger partial charge in [0.1, 0.15) is 11.8 Å². The fourth-order valence-corrected chi connectivity index (χ4v) is 5.17. The number of carbonyl (C=O) groups is 1. The molecule has 4 rings (SSSR count). The van der Waals surface area contributed by atoms with Crippen LogP contribution in [0.4, 0.5) is 0 Å². The van der Waals surface area contributed by atoms with Gasteiger partial charge in [-0.25, -0.2) is 4.79 Å². The first-order chi connectivity index (χ1) is 14.9. The molecule has 1 aliphatic heterocycles. The smallest absolute Gasteiger partial charge is 0.334 e. The standard InChI is InChI=1S/C24H28ClN3O3.ClH/c1-27-13-18(11-21(27)12-26)17-4-8-20(9-5-17)28-14-23(24(29)30)31-15-22(28)10-16-2-6-19(25)7-3-16;/h2-3,6-7,11,13,17,20,22-23H,4-5,8-10,14-15H2,1H3,(H,29,30);1H/t17?,20?,22-,23+;/m0./s1. The first-order valence-electron chi connectivity index (χ1n) is 10.9. The number of rotatable bonds is 5. The fourth-order valence-electron chi connectivity index (χ4n) is 5.05. The number of morpholine rings is 1. The first kappa shape index (κ1) is 24.6. The lowest BCUT2D eigenvalue weighted by Crippen LogP contribution is -2.57. The molecule has 0 amide bonds. The minimum Gasteiger partial charge on any atom is -0.479 e. The SMILES string of the molecule is Cl.Cn1cc(C2CCC(N3C[C@H](C(=O)O)OC[C@@H]3Cc3ccc(Cl)cc3)CC2)cc1C#N. The average Bonchev–Trinajstić information content (AvgIpc) is 3.16. The Morgan fingerprint density at radius 1 is 1.25 bits per heavy atom. The van der Waals surface area contributed by atoms with E-state index < -0.39 is 12.1 Å². The van der Waals surface area contributed by atoms with Crippen molar-refractivity contribution < 1.29 is 14.6 Å². The van der Waals surface area contributed by atoms with Crippen molar-refractivity contribution in [1.82, 2.24) is 9.47 Å². The molecule has 1 N–H and O–H groups in total. The maximum atomic E-state index is 11.6. The second-order valence-electron chi connectivity index (χ2n) is 8.73. The topological polar surface area (TPSA) is 78.5 Å². The summed E-state index contributed by atoms with van der Waals surface area (Å²) in [5.41, 5.74) is 3.11. The number of hydrogen-bond acceptors (Lipinski definition) is 4. The number of benzene rings is 1. The van der Waals surface area contributed by atoms with E-state index >= 15 is 0 Å². The van der Waals surface area contributed by atoms with E-state index in [1.54, 1.807) is 0 Å². The predicted octanol–water partition coefficient (Wildman–Crippen LogP) is 4.39. The molecular formula is C24H29Cl2N3O3. The van der Waals surface area contributed by atoms with Gasteiger partial charge in [0, 0.05) is 36.9 Å². The highest BCUT2D eigenvalue weighted by atomic mass is 35.5. The van der Waals surface area contributed by atoms with Crippen LogP contribution < -0.4 is 0 Å². The Kier molecular flexibility index (Phi) is 8.24. The molecule has 2 aromatic rings. The van der Waals surface area contributed by atoms with Gasteiger partial charge >= 0.3 is 5.97 Å². The van der Waals surface area contributed by atoms with Gasteiger partial charge in [-0.1, -0.05) is 23.7 Å². The number of carboxylic acids is 1. The zero-order valence-corrected chi connectivity index (χ0v) is 19.7. The second kappa shape index (κ2) is 10.7. The number of aromatic nitrogens is 1. The van der Waals surface area contributed by atoms with Gasteiger partial charge in [0.25, 0.3) is 0 Å². The minimum absolute atomic E-state index is 0. The Hall–Kier alpha value is -2.04. The molecule has 1 saturated heterocycles. The molecule has 1 aliphatic carbocycles. The van der Waals surface area contributed by atoms with Gasteiger partial charge in [-0.3, -0.25) is 4.90 Å². The van der Waals surface area contributed by atoms with Gasteiger partial charge in [0.2, 0.25) is 0 Å². The summed E-state index contributed by atoms with van der Waals surface area (Å²) in [5, 5.41) is 19.5. The van der Waals surface area contributed by atoms with E-state index in [-0.39, 0.29) is 18.4 Å². The molecule has 0 spiro atoms. The lowest BCUT2D eigenvalue weighted by molar-refractivity contribution is -0.162. The number of nitrogens with zero attached hydrogens (tertiary/aromatic N) is 3. The van der Waals surface area contributed by atoms with Crippen LogP contribution in [-0.2, 0) is 23.0 Å². The van der Waals surface area contributed by atoms with E-state index in [9.17, 15) is 15.2 Å². The highest BCUT2D eigenvalue weighted by Gasteiger charge is 2.38. The van der Waals surface area contributed by atoms with Crippen molar-refractivity contribution in [3.8, 4) is 6.07 Å². The van der Waals surface area contributed by atoms with E-state index in [2.05, 4.69) is 17.2 Å². The van der Waals surface area contributed by atoms with Crippen molar-refractivity contribution in [2.75, 3.05) is 13.2 Å². The molecule has 0 unspecified atom stereocenters. The molecule has 1 aromatic carbocycles. The molecule has 2 atom stereocenters. The van der Waals surface area contributed by atoms with E-state index in [1.165, 1.54) is 11.1 Å². The summed E-state index contributed by atoms with van der Waals surface area (Å²) < 4.78 is 7.58. The second-order valence-corrected chi connectivity index (χ2v) is 9.16. The zero-order chi connectivity index (χ0) is 22.0. The third-order valence-corrected chi connectivity index (χ3v) is 7.03. The van der Waals surface area contributed by atoms with Crippen molar-refractivity contribution >= 4 is 30.0 Å². The Morgan fingerprint density at radius 2 is 1.94 bits per heavy atom. The molecule has 172 valence electrons. The molecule has 2 fully saturated rings. The maximum Gasteiger partial charge on any atom is 0.334 e. The van der Waals surface area contributed by atoms with Crippen molar-refractivity contribution in [3.05, 3.63) is 58.4 Å². The quantitative estimate of drug-likeness (QED) is 0.690. The monoisotopic (exact) mass is 477 g/mol. The largest absolute Gasteiger partial charge is 0.479 e. The van der Waals surface area contributed by atoms with Gasteiger partial charge < -0.3 is 14.4 Å². The molecular weight excluding hydrogens is 449 g/mol. The lowest BCUT2D eigenvalue weighted by atomic mass is 9.81. The van der Waals surface area contributed by atoms with Crippen LogP contribution in [0.5, 0.6) is 0 Å². The highest BCUT2D eigenvalue weighted by Crippen LogP contribution is 2.37. The summed E-state index contributed by atoms with van der Waals surface area (Å²) in [6.45, 7) is 0.844. The van der Waals surface area contributed by atoms with E-state index in [4.69, 9.17) is 16.3 Å². The van der Waals surface area contributed by atoms with E-state index in [1.807, 2.05) is 41.9 Å². The molecule has 6 nitrogen and oxygen atoms in total. The summed E-state index contributed by atoms with van der Waals surface area (Å²) in [6.07, 6.45) is 6.24. The Bertz CT molecular complexity index is 962. The molecule has 2 heterocycles. The fraction of sp³-hybridized carbons (Fsp3) is 0.500. The van der Waals surface area contributed by atoms with Crippen molar-refractivity contribution in [3.63, 3.8) is 0 Å². The average molecular weight is 478 g/mol. The Labute approximate surface area is 200 Å². The maximum absolute atomic E-state index is 11.6. The third-order valence-electron chi connectivity index (χ3n) is 6.77. The normalized spacial score (nSPS) is 26.2. The molecule has 32 heavy (non-hydrogen) atoms. The predicted molar refractivity (Wildman–Crippen MR) is 125 cm³/mol. The first-order valence-corrected chi connectivity index (χ1v) is 11.2. The summed E-state index contributed by atoms with van der Waals surface area (Å²) in [5.74, 6) is -0.437. The molecule has 0 radical (unpaired) electrons. The van der Waals surface area contributed by atoms with Gasteiger partial charge in [0.05, 0.1) is 6.61 Å². The van der Waals surface area contributed by atoms with Gasteiger partial charge in [0.15, 0.2) is 6.10 Å². The van der Waals surface area contributed by atoms with Crippen molar-refractivity contribution in [1.29, 1.82) is 5.26 Å². The Balaban J connectivity index is 0.00000289. The van der Waals surface area contributed by atoms with Crippen LogP contribution in [0.15, 0.2) is 36.5 Å². The van der Waals surface area contributed by atoms with E-state index in [0.717, 1.165) is 32.1 Å². The lowest BCUT2D eigenvalue weighted by Gasteiger charge is -2.45. The van der Waals surface area contributed by atoms with Crippen molar-refractivity contribution in [2.45, 2.75) is 56.2 Å².